The molecular formula is C23H22ClN5O8. The minimum Gasteiger partial charge on any atom is -0.479 e. The molecule has 1 aromatic carbocycles. The van der Waals surface area contributed by atoms with Crippen LogP contribution in [0.5, 0.6) is 0 Å². The SMILES string of the molecule is C#C[C@@]1(O)[C@@H](COC(Cc2cccc(C)c2)(C(=O)O)C(=O)O)O[C@@H](n2cnc3c(N)nc(Cl)nc32)[C@@H]1O. The van der Waals surface area contributed by atoms with Crippen molar-refractivity contribution in [3.05, 3.63) is 47.0 Å². The molecule has 0 spiro atoms. The Hall–Kier alpha value is -3.80. The van der Waals surface area contributed by atoms with Crippen molar-refractivity contribution in [1.82, 2.24) is 19.5 Å². The van der Waals surface area contributed by atoms with Gasteiger partial charge in [-0.2, -0.15) is 9.97 Å². The van der Waals surface area contributed by atoms with E-state index in [2.05, 4.69) is 15.0 Å². The molecule has 13 nitrogen and oxygen atoms in total. The maximum Gasteiger partial charge on any atom is 0.348 e. The van der Waals surface area contributed by atoms with Crippen LogP contribution in [0.4, 0.5) is 5.82 Å². The highest BCUT2D eigenvalue weighted by Crippen LogP contribution is 2.39. The summed E-state index contributed by atoms with van der Waals surface area (Å²) >= 11 is 5.88. The highest BCUT2D eigenvalue weighted by Gasteiger charge is 2.57. The van der Waals surface area contributed by atoms with E-state index in [9.17, 15) is 30.0 Å². The monoisotopic (exact) mass is 531 g/mol. The van der Waals surface area contributed by atoms with Crippen molar-refractivity contribution in [1.29, 1.82) is 0 Å². The second-order valence-electron chi connectivity index (χ2n) is 8.55. The number of terminal acetylenes is 1. The molecule has 6 N–H and O–H groups in total. The predicted molar refractivity (Wildman–Crippen MR) is 127 cm³/mol. The van der Waals surface area contributed by atoms with E-state index in [0.717, 1.165) is 5.56 Å². The van der Waals surface area contributed by atoms with Crippen molar-refractivity contribution in [2.75, 3.05) is 12.3 Å². The lowest BCUT2D eigenvalue weighted by Gasteiger charge is -2.30. The number of fused-ring (bicyclic) bond motifs is 1. The quantitative estimate of drug-likeness (QED) is 0.150. The van der Waals surface area contributed by atoms with E-state index in [1.54, 1.807) is 31.2 Å². The molecule has 0 aliphatic carbocycles. The second-order valence-corrected chi connectivity index (χ2v) is 8.88. The Balaban J connectivity index is 1.66. The van der Waals surface area contributed by atoms with E-state index in [1.165, 1.54) is 10.9 Å². The molecule has 2 aromatic heterocycles. The third-order valence-corrected chi connectivity index (χ3v) is 6.32. The summed E-state index contributed by atoms with van der Waals surface area (Å²) in [4.78, 5) is 36.2. The van der Waals surface area contributed by atoms with Gasteiger partial charge >= 0.3 is 11.9 Å². The molecule has 0 amide bonds. The lowest BCUT2D eigenvalue weighted by molar-refractivity contribution is -0.191. The number of imidazole rings is 1. The summed E-state index contributed by atoms with van der Waals surface area (Å²) in [6, 6.07) is 6.59. The van der Waals surface area contributed by atoms with Crippen LogP contribution in [-0.4, -0.2) is 81.9 Å². The van der Waals surface area contributed by atoms with Gasteiger partial charge in [-0.15, -0.1) is 6.42 Å². The normalized spacial score (nSPS) is 23.7. The first-order valence-electron chi connectivity index (χ1n) is 10.8. The summed E-state index contributed by atoms with van der Waals surface area (Å²) in [5.41, 5.74) is 2.03. The molecule has 0 radical (unpaired) electrons. The Morgan fingerprint density at radius 3 is 2.68 bits per heavy atom. The minimum absolute atomic E-state index is 0.0443. The molecular weight excluding hydrogens is 510 g/mol. The van der Waals surface area contributed by atoms with Gasteiger partial charge in [-0.1, -0.05) is 35.7 Å². The van der Waals surface area contributed by atoms with Gasteiger partial charge in [0, 0.05) is 6.42 Å². The fraction of sp³-hybridized carbons (Fsp3) is 0.348. The van der Waals surface area contributed by atoms with Gasteiger partial charge in [-0.05, 0) is 24.1 Å². The number of halogens is 1. The maximum atomic E-state index is 12.2. The van der Waals surface area contributed by atoms with Gasteiger partial charge in [0.2, 0.25) is 5.28 Å². The number of rotatable bonds is 8. The molecule has 4 atom stereocenters. The summed E-state index contributed by atoms with van der Waals surface area (Å²) in [6.07, 6.45) is 1.43. The Morgan fingerprint density at radius 1 is 1.35 bits per heavy atom. The maximum absolute atomic E-state index is 12.2. The molecule has 3 heterocycles. The van der Waals surface area contributed by atoms with E-state index in [-0.39, 0.29) is 22.3 Å². The molecule has 1 fully saturated rings. The van der Waals surface area contributed by atoms with Crippen LogP contribution in [0.15, 0.2) is 30.6 Å². The first-order valence-corrected chi connectivity index (χ1v) is 11.2. The van der Waals surface area contributed by atoms with Crippen LogP contribution in [-0.2, 0) is 25.5 Å². The van der Waals surface area contributed by atoms with Crippen LogP contribution in [0.1, 0.15) is 17.4 Å². The Bertz CT molecular complexity index is 1410. The number of carboxylic acids is 2. The molecule has 14 heteroatoms. The number of hydrogen-bond acceptors (Lipinski definition) is 10. The van der Waals surface area contributed by atoms with Crippen molar-refractivity contribution in [3.63, 3.8) is 0 Å². The van der Waals surface area contributed by atoms with Crippen molar-refractivity contribution >= 4 is 40.5 Å². The van der Waals surface area contributed by atoms with Crippen molar-refractivity contribution in [2.24, 2.45) is 0 Å². The Kier molecular flexibility index (Phi) is 6.80. The van der Waals surface area contributed by atoms with Gasteiger partial charge in [0.15, 0.2) is 23.3 Å². The van der Waals surface area contributed by atoms with Gasteiger partial charge in [-0.3, -0.25) is 4.57 Å². The van der Waals surface area contributed by atoms with Gasteiger partial charge in [0.1, 0.15) is 17.7 Å². The third-order valence-electron chi connectivity index (χ3n) is 6.15. The van der Waals surface area contributed by atoms with Crippen LogP contribution in [0.25, 0.3) is 11.2 Å². The van der Waals surface area contributed by atoms with Crippen LogP contribution in [0.2, 0.25) is 5.28 Å². The molecule has 0 saturated carbocycles. The van der Waals surface area contributed by atoms with E-state index in [1.807, 2.05) is 5.92 Å². The van der Waals surface area contributed by atoms with Gasteiger partial charge in [0.25, 0.3) is 5.60 Å². The van der Waals surface area contributed by atoms with Gasteiger partial charge in [0.05, 0.1) is 12.9 Å². The predicted octanol–water partition coefficient (Wildman–Crippen LogP) is 0.160. The summed E-state index contributed by atoms with van der Waals surface area (Å²) in [6.45, 7) is 0.962. The van der Waals surface area contributed by atoms with Crippen molar-refractivity contribution < 1.29 is 39.5 Å². The Labute approximate surface area is 214 Å². The number of nitrogens with zero attached hydrogens (tertiary/aromatic N) is 4. The third kappa shape index (κ3) is 4.45. The summed E-state index contributed by atoms with van der Waals surface area (Å²) in [5, 5.41) is 41.5. The largest absolute Gasteiger partial charge is 0.479 e. The molecule has 37 heavy (non-hydrogen) atoms. The molecule has 4 rings (SSSR count). The Morgan fingerprint density at radius 2 is 2.05 bits per heavy atom. The number of carboxylic acid groups (broad SMARTS) is 2. The van der Waals surface area contributed by atoms with Crippen LogP contribution in [0, 0.1) is 19.3 Å². The number of aliphatic hydroxyl groups is 2. The highest BCUT2D eigenvalue weighted by molar-refractivity contribution is 6.28. The average Bonchev–Trinajstić information content (AvgIpc) is 3.35. The van der Waals surface area contributed by atoms with Crippen LogP contribution >= 0.6 is 11.6 Å². The van der Waals surface area contributed by atoms with Crippen LogP contribution in [0.3, 0.4) is 0 Å². The van der Waals surface area contributed by atoms with Crippen molar-refractivity contribution in [2.45, 2.75) is 43.0 Å². The zero-order chi connectivity index (χ0) is 27.1. The zero-order valence-corrected chi connectivity index (χ0v) is 20.0. The lowest BCUT2D eigenvalue weighted by atomic mass is 9.91. The van der Waals surface area contributed by atoms with E-state index >= 15 is 0 Å². The summed E-state index contributed by atoms with van der Waals surface area (Å²) in [5.74, 6) is -1.55. The number of hydrogen-bond donors (Lipinski definition) is 5. The number of nitrogens with two attached hydrogens (primary N) is 1. The van der Waals surface area contributed by atoms with E-state index < -0.39 is 54.6 Å². The van der Waals surface area contributed by atoms with E-state index in [4.69, 9.17) is 33.2 Å². The number of aryl methyl sites for hydroxylation is 1. The first-order chi connectivity index (χ1) is 17.4. The fourth-order valence-corrected chi connectivity index (χ4v) is 4.33. The minimum atomic E-state index is -2.74. The number of aliphatic hydroxyl groups excluding tert-OH is 1. The van der Waals surface area contributed by atoms with Crippen LogP contribution < -0.4 is 5.73 Å². The number of anilines is 1. The molecule has 3 aromatic rings. The molecule has 1 aliphatic rings. The van der Waals surface area contributed by atoms with E-state index in [0.29, 0.717) is 5.56 Å². The number of aromatic nitrogens is 4. The summed E-state index contributed by atoms with van der Waals surface area (Å²) in [7, 11) is 0. The molecule has 194 valence electrons. The average molecular weight is 532 g/mol. The number of ether oxygens (including phenoxy) is 2. The number of aliphatic carboxylic acids is 2. The van der Waals surface area contributed by atoms with Gasteiger partial charge < -0.3 is 35.6 Å². The standard InChI is InChI=1S/C23H22ClN5O8/c1-3-22(35)13(9-36-23(19(31)32,20(33)34)8-12-6-4-5-11(2)7-12)37-18(15(22)30)29-10-26-14-16(25)27-21(24)28-17(14)29/h1,4-7,10,13,15,18,30,35H,8-9H2,2H3,(H,31,32)(H,33,34)(H2,25,27,28)/t13-,15+,18-,22-/m1/s1. The highest BCUT2D eigenvalue weighted by atomic mass is 35.5. The first kappa shape index (κ1) is 26.3. The summed E-state index contributed by atoms with van der Waals surface area (Å²) < 4.78 is 12.4. The van der Waals surface area contributed by atoms with Gasteiger partial charge in [-0.25, -0.2) is 14.6 Å². The molecule has 1 saturated heterocycles. The molecule has 1 aliphatic heterocycles. The molecule has 0 bridgehead atoms. The zero-order valence-electron chi connectivity index (χ0n) is 19.3. The lowest BCUT2D eigenvalue weighted by Crippen LogP contribution is -2.55. The number of benzene rings is 1. The second kappa shape index (κ2) is 9.58. The fourth-order valence-electron chi connectivity index (χ4n) is 4.16. The number of carbonyl (C=O) groups is 2. The smallest absolute Gasteiger partial charge is 0.348 e. The molecule has 0 unspecified atom stereocenters. The topological polar surface area (TPSA) is 203 Å². The number of nitrogen functional groups attached to an aromatic ring is 1. The van der Waals surface area contributed by atoms with Crippen molar-refractivity contribution in [3.8, 4) is 12.3 Å².